The molecule has 0 aromatic heterocycles. The van der Waals surface area contributed by atoms with E-state index < -0.39 is 0 Å². The Balaban J connectivity index is 2.55. The second-order valence-electron chi connectivity index (χ2n) is 3.37. The van der Waals surface area contributed by atoms with Crippen LogP contribution in [-0.4, -0.2) is 0 Å². The van der Waals surface area contributed by atoms with E-state index in [0.717, 1.165) is 11.1 Å². The maximum atomic E-state index is 5.98. The standard InChI is InChI=1S/C13H9Cl2/c1-9-4-2-3-5-11(9)10-6-7-12(14)13(15)8-10/h3-8H,1H3. The first kappa shape index (κ1) is 10.5. The molecule has 1 radical (unpaired) electrons. The highest BCUT2D eigenvalue weighted by molar-refractivity contribution is 6.42. The smallest absolute Gasteiger partial charge is 0.0598 e. The van der Waals surface area contributed by atoms with E-state index in [1.807, 2.05) is 43.3 Å². The molecule has 0 unspecified atom stereocenters. The topological polar surface area (TPSA) is 0 Å². The zero-order valence-corrected chi connectivity index (χ0v) is 9.73. The number of benzene rings is 2. The number of hydrogen-bond acceptors (Lipinski definition) is 0. The molecule has 0 bridgehead atoms. The monoisotopic (exact) mass is 235 g/mol. The van der Waals surface area contributed by atoms with Gasteiger partial charge in [0, 0.05) is 0 Å². The van der Waals surface area contributed by atoms with Gasteiger partial charge < -0.3 is 0 Å². The fourth-order valence-electron chi connectivity index (χ4n) is 1.50. The van der Waals surface area contributed by atoms with Crippen molar-refractivity contribution < 1.29 is 0 Å². The van der Waals surface area contributed by atoms with E-state index in [2.05, 4.69) is 6.07 Å². The summed E-state index contributed by atoms with van der Waals surface area (Å²) < 4.78 is 0. The first-order valence-electron chi connectivity index (χ1n) is 4.60. The van der Waals surface area contributed by atoms with Gasteiger partial charge >= 0.3 is 0 Å². The maximum absolute atomic E-state index is 5.98. The van der Waals surface area contributed by atoms with Gasteiger partial charge in [-0.25, -0.2) is 0 Å². The lowest BCUT2D eigenvalue weighted by atomic mass is 10.0. The second kappa shape index (κ2) is 4.26. The lowest BCUT2D eigenvalue weighted by Gasteiger charge is -2.06. The summed E-state index contributed by atoms with van der Waals surface area (Å²) in [5.41, 5.74) is 3.42. The molecular formula is C13H9Cl2. The Hall–Kier alpha value is -0.980. The Labute approximate surface area is 99.5 Å². The summed E-state index contributed by atoms with van der Waals surface area (Å²) in [4.78, 5) is 0. The molecule has 0 fully saturated rings. The summed E-state index contributed by atoms with van der Waals surface area (Å²) in [7, 11) is 0. The molecule has 0 amide bonds. The van der Waals surface area contributed by atoms with Crippen LogP contribution >= 0.6 is 23.2 Å². The quantitative estimate of drug-likeness (QED) is 0.669. The van der Waals surface area contributed by atoms with Gasteiger partial charge in [0.1, 0.15) is 0 Å². The Morgan fingerprint density at radius 2 is 1.87 bits per heavy atom. The van der Waals surface area contributed by atoms with Crippen LogP contribution in [0.25, 0.3) is 11.1 Å². The van der Waals surface area contributed by atoms with Crippen LogP contribution in [-0.2, 0) is 0 Å². The summed E-state index contributed by atoms with van der Waals surface area (Å²) in [5.74, 6) is 0. The molecule has 0 aliphatic heterocycles. The number of rotatable bonds is 1. The van der Waals surface area contributed by atoms with Crippen LogP contribution in [0.15, 0.2) is 36.4 Å². The van der Waals surface area contributed by atoms with Crippen molar-refractivity contribution in [3.05, 3.63) is 58.1 Å². The molecule has 0 saturated carbocycles. The molecule has 0 saturated heterocycles. The molecule has 0 N–H and O–H groups in total. The molecule has 75 valence electrons. The average Bonchev–Trinajstić information content (AvgIpc) is 2.23. The summed E-state index contributed by atoms with van der Waals surface area (Å²) in [6.07, 6.45) is 0. The Morgan fingerprint density at radius 1 is 1.07 bits per heavy atom. The van der Waals surface area contributed by atoms with Gasteiger partial charge in [-0.15, -0.1) is 0 Å². The van der Waals surface area contributed by atoms with Gasteiger partial charge in [-0.1, -0.05) is 47.5 Å². The molecule has 0 aliphatic carbocycles. The van der Waals surface area contributed by atoms with Crippen LogP contribution in [0.4, 0.5) is 0 Å². The Morgan fingerprint density at radius 3 is 2.53 bits per heavy atom. The van der Waals surface area contributed by atoms with Gasteiger partial charge in [0.25, 0.3) is 0 Å². The molecule has 2 aromatic carbocycles. The molecule has 2 heteroatoms. The summed E-state index contributed by atoms with van der Waals surface area (Å²) >= 11 is 11.8. The van der Waals surface area contributed by atoms with Crippen LogP contribution in [0, 0.1) is 13.0 Å². The van der Waals surface area contributed by atoms with E-state index >= 15 is 0 Å². The average molecular weight is 236 g/mol. The highest BCUT2D eigenvalue weighted by Gasteiger charge is 2.03. The minimum absolute atomic E-state index is 0.584. The van der Waals surface area contributed by atoms with Crippen LogP contribution in [0.5, 0.6) is 0 Å². The van der Waals surface area contributed by atoms with Crippen LogP contribution in [0.1, 0.15) is 5.56 Å². The van der Waals surface area contributed by atoms with Crippen molar-refractivity contribution in [2.45, 2.75) is 6.92 Å². The first-order chi connectivity index (χ1) is 7.18. The maximum Gasteiger partial charge on any atom is 0.0598 e. The third-order valence-corrected chi connectivity index (χ3v) is 3.04. The predicted octanol–water partition coefficient (Wildman–Crippen LogP) is 4.77. The first-order valence-corrected chi connectivity index (χ1v) is 5.36. The fraction of sp³-hybridized carbons (Fsp3) is 0.0769. The highest BCUT2D eigenvalue weighted by atomic mass is 35.5. The molecular weight excluding hydrogens is 227 g/mol. The summed E-state index contributed by atoms with van der Waals surface area (Å²) in [5, 5.41) is 1.17. The van der Waals surface area contributed by atoms with Crippen LogP contribution in [0.2, 0.25) is 10.0 Å². The van der Waals surface area contributed by atoms with Crippen LogP contribution < -0.4 is 0 Å². The number of aryl methyl sites for hydroxylation is 1. The van der Waals surface area contributed by atoms with Crippen molar-refractivity contribution in [3.63, 3.8) is 0 Å². The molecule has 0 aliphatic rings. The van der Waals surface area contributed by atoms with Gasteiger partial charge in [0.15, 0.2) is 0 Å². The molecule has 0 nitrogen and oxygen atoms in total. The molecule has 0 spiro atoms. The molecule has 0 heterocycles. The highest BCUT2D eigenvalue weighted by Crippen LogP contribution is 2.29. The van der Waals surface area contributed by atoms with E-state index in [4.69, 9.17) is 23.2 Å². The largest absolute Gasteiger partial charge is 0.0827 e. The van der Waals surface area contributed by atoms with Crippen molar-refractivity contribution in [2.75, 3.05) is 0 Å². The van der Waals surface area contributed by atoms with Gasteiger partial charge in [-0.05, 0) is 41.8 Å². The normalized spacial score (nSPS) is 10.3. The van der Waals surface area contributed by atoms with E-state index in [-0.39, 0.29) is 0 Å². The van der Waals surface area contributed by atoms with E-state index in [0.29, 0.717) is 10.0 Å². The van der Waals surface area contributed by atoms with Crippen molar-refractivity contribution >= 4 is 23.2 Å². The van der Waals surface area contributed by atoms with Gasteiger partial charge in [-0.2, -0.15) is 0 Å². The SMILES string of the molecule is Cc1c[c]ccc1-c1ccc(Cl)c(Cl)c1. The van der Waals surface area contributed by atoms with E-state index in [9.17, 15) is 0 Å². The van der Waals surface area contributed by atoms with Crippen molar-refractivity contribution in [2.24, 2.45) is 0 Å². The zero-order chi connectivity index (χ0) is 10.8. The van der Waals surface area contributed by atoms with Gasteiger partial charge in [-0.3, -0.25) is 0 Å². The van der Waals surface area contributed by atoms with Gasteiger partial charge in [0.2, 0.25) is 0 Å². The lowest BCUT2D eigenvalue weighted by molar-refractivity contribution is 1.45. The molecule has 2 rings (SSSR count). The van der Waals surface area contributed by atoms with Crippen molar-refractivity contribution in [1.29, 1.82) is 0 Å². The Kier molecular flexibility index (Phi) is 2.99. The summed E-state index contributed by atoms with van der Waals surface area (Å²) in [6.45, 7) is 2.05. The number of hydrogen-bond donors (Lipinski definition) is 0. The lowest BCUT2D eigenvalue weighted by Crippen LogP contribution is -1.82. The van der Waals surface area contributed by atoms with Crippen molar-refractivity contribution in [3.8, 4) is 11.1 Å². The van der Waals surface area contributed by atoms with E-state index in [1.54, 1.807) is 0 Å². The second-order valence-corrected chi connectivity index (χ2v) is 4.18. The third-order valence-electron chi connectivity index (χ3n) is 2.30. The summed E-state index contributed by atoms with van der Waals surface area (Å²) in [6, 6.07) is 14.6. The van der Waals surface area contributed by atoms with Crippen LogP contribution in [0.3, 0.4) is 0 Å². The molecule has 0 atom stereocenters. The number of halogens is 2. The van der Waals surface area contributed by atoms with Gasteiger partial charge in [0.05, 0.1) is 10.0 Å². The van der Waals surface area contributed by atoms with E-state index in [1.165, 1.54) is 5.56 Å². The van der Waals surface area contributed by atoms with Crippen molar-refractivity contribution in [1.82, 2.24) is 0 Å². The molecule has 2 aromatic rings. The minimum atomic E-state index is 0.584. The minimum Gasteiger partial charge on any atom is -0.0827 e. The predicted molar refractivity (Wildman–Crippen MR) is 65.5 cm³/mol. The zero-order valence-electron chi connectivity index (χ0n) is 8.22. The molecule has 15 heavy (non-hydrogen) atoms. The Bertz CT molecular complexity index is 490. The fourth-order valence-corrected chi connectivity index (χ4v) is 1.80. The third kappa shape index (κ3) is 2.17.